The number of aromatic nitrogens is 2. The Hall–Kier alpha value is -3.34. The highest BCUT2D eigenvalue weighted by molar-refractivity contribution is 5.58. The normalized spacial score (nSPS) is 10.0. The van der Waals surface area contributed by atoms with Crippen LogP contribution in [0.1, 0.15) is 0 Å². The minimum Gasteiger partial charge on any atom is -0.457 e. The fourth-order valence-corrected chi connectivity index (χ4v) is 2.06. The molecule has 0 saturated carbocycles. The first-order valence-electron chi connectivity index (χ1n) is 7.61. The SMILES string of the molecule is C=CCNc1nccc(Nc2ccc(Oc3ccccc3)cc2)n1. The van der Waals surface area contributed by atoms with Crippen LogP contribution in [0.4, 0.5) is 17.5 Å². The first-order valence-corrected chi connectivity index (χ1v) is 7.61. The predicted molar refractivity (Wildman–Crippen MR) is 97.0 cm³/mol. The maximum Gasteiger partial charge on any atom is 0.224 e. The van der Waals surface area contributed by atoms with Crippen LogP contribution in [0.2, 0.25) is 0 Å². The van der Waals surface area contributed by atoms with Crippen LogP contribution >= 0.6 is 0 Å². The molecule has 5 nitrogen and oxygen atoms in total. The van der Waals surface area contributed by atoms with Gasteiger partial charge in [-0.25, -0.2) is 4.98 Å². The van der Waals surface area contributed by atoms with Crippen LogP contribution in [0.25, 0.3) is 0 Å². The van der Waals surface area contributed by atoms with Gasteiger partial charge >= 0.3 is 0 Å². The van der Waals surface area contributed by atoms with Gasteiger partial charge in [0.15, 0.2) is 0 Å². The van der Waals surface area contributed by atoms with Crippen molar-refractivity contribution in [3.05, 3.63) is 79.5 Å². The fraction of sp³-hybridized carbons (Fsp3) is 0.0526. The number of benzene rings is 2. The van der Waals surface area contributed by atoms with E-state index in [1.54, 1.807) is 12.3 Å². The van der Waals surface area contributed by atoms with Crippen LogP contribution in [0, 0.1) is 0 Å². The molecule has 0 aliphatic heterocycles. The van der Waals surface area contributed by atoms with Gasteiger partial charge in [-0.1, -0.05) is 24.3 Å². The molecular formula is C19H18N4O. The summed E-state index contributed by atoms with van der Waals surface area (Å²) in [6.07, 6.45) is 3.46. The molecule has 0 saturated heterocycles. The van der Waals surface area contributed by atoms with E-state index in [-0.39, 0.29) is 0 Å². The molecule has 5 heteroatoms. The van der Waals surface area contributed by atoms with Crippen molar-refractivity contribution < 1.29 is 4.74 Å². The zero-order valence-electron chi connectivity index (χ0n) is 13.1. The van der Waals surface area contributed by atoms with Crippen molar-refractivity contribution in [2.24, 2.45) is 0 Å². The van der Waals surface area contributed by atoms with Crippen LogP contribution < -0.4 is 15.4 Å². The molecule has 0 aliphatic carbocycles. The number of hydrogen-bond donors (Lipinski definition) is 2. The Labute approximate surface area is 141 Å². The second-order valence-electron chi connectivity index (χ2n) is 5.00. The van der Waals surface area contributed by atoms with Gasteiger partial charge in [-0.2, -0.15) is 4.98 Å². The molecule has 0 fully saturated rings. The molecule has 0 amide bonds. The summed E-state index contributed by atoms with van der Waals surface area (Å²) in [7, 11) is 0. The van der Waals surface area contributed by atoms with E-state index in [1.165, 1.54) is 0 Å². The molecule has 0 bridgehead atoms. The maximum atomic E-state index is 5.77. The third kappa shape index (κ3) is 4.33. The molecule has 1 aromatic heterocycles. The first-order chi connectivity index (χ1) is 11.8. The van der Waals surface area contributed by atoms with Crippen LogP contribution in [0.15, 0.2) is 79.5 Å². The Kier molecular flexibility index (Phi) is 5.04. The van der Waals surface area contributed by atoms with E-state index in [0.717, 1.165) is 17.2 Å². The van der Waals surface area contributed by atoms with Crippen molar-refractivity contribution in [3.8, 4) is 11.5 Å². The van der Waals surface area contributed by atoms with Gasteiger partial charge in [0.05, 0.1) is 0 Å². The number of ether oxygens (including phenoxy) is 1. The number of anilines is 3. The minimum absolute atomic E-state index is 0.559. The van der Waals surface area contributed by atoms with E-state index in [9.17, 15) is 0 Å². The highest BCUT2D eigenvalue weighted by Gasteiger charge is 2.01. The summed E-state index contributed by atoms with van der Waals surface area (Å²) in [6, 6.07) is 19.2. The molecule has 0 aliphatic rings. The molecule has 3 rings (SSSR count). The molecule has 120 valence electrons. The van der Waals surface area contributed by atoms with Gasteiger partial charge < -0.3 is 15.4 Å². The highest BCUT2D eigenvalue weighted by Crippen LogP contribution is 2.24. The molecular weight excluding hydrogens is 300 g/mol. The summed E-state index contributed by atoms with van der Waals surface area (Å²) in [6.45, 7) is 4.28. The Morgan fingerprint density at radius 3 is 2.46 bits per heavy atom. The topological polar surface area (TPSA) is 59.1 Å². The van der Waals surface area contributed by atoms with Crippen LogP contribution in [0.5, 0.6) is 11.5 Å². The number of nitrogens with one attached hydrogen (secondary N) is 2. The van der Waals surface area contributed by atoms with Gasteiger partial charge in [-0.15, -0.1) is 6.58 Å². The summed E-state index contributed by atoms with van der Waals surface area (Å²) >= 11 is 0. The van der Waals surface area contributed by atoms with E-state index < -0.39 is 0 Å². The van der Waals surface area contributed by atoms with E-state index in [0.29, 0.717) is 18.3 Å². The van der Waals surface area contributed by atoms with Gasteiger partial charge in [-0.05, 0) is 42.5 Å². The van der Waals surface area contributed by atoms with E-state index in [4.69, 9.17) is 4.74 Å². The highest BCUT2D eigenvalue weighted by atomic mass is 16.5. The lowest BCUT2D eigenvalue weighted by atomic mass is 10.3. The summed E-state index contributed by atoms with van der Waals surface area (Å²) < 4.78 is 5.77. The quantitative estimate of drug-likeness (QED) is 0.623. The molecule has 0 radical (unpaired) electrons. The standard InChI is InChI=1S/C19H18N4O/c1-2-13-20-19-21-14-12-18(23-19)22-15-8-10-17(11-9-15)24-16-6-4-3-5-7-16/h2-12,14H,1,13H2,(H2,20,21,22,23). The lowest BCUT2D eigenvalue weighted by molar-refractivity contribution is 0.483. The third-order valence-corrected chi connectivity index (χ3v) is 3.17. The average Bonchev–Trinajstić information content (AvgIpc) is 2.63. The number of para-hydroxylation sites is 1. The van der Waals surface area contributed by atoms with Crippen LogP contribution in [-0.2, 0) is 0 Å². The Morgan fingerprint density at radius 1 is 0.958 bits per heavy atom. The largest absolute Gasteiger partial charge is 0.457 e. The monoisotopic (exact) mass is 318 g/mol. The summed E-state index contributed by atoms with van der Waals surface area (Å²) in [4.78, 5) is 8.53. The smallest absolute Gasteiger partial charge is 0.224 e. The molecule has 2 N–H and O–H groups in total. The van der Waals surface area contributed by atoms with Gasteiger partial charge in [0.25, 0.3) is 0 Å². The number of nitrogens with zero attached hydrogens (tertiary/aromatic N) is 2. The van der Waals surface area contributed by atoms with E-state index in [1.807, 2.05) is 60.7 Å². The Morgan fingerprint density at radius 2 is 1.71 bits per heavy atom. The van der Waals surface area contributed by atoms with E-state index >= 15 is 0 Å². The second kappa shape index (κ2) is 7.78. The average molecular weight is 318 g/mol. The van der Waals surface area contributed by atoms with Crippen molar-refractivity contribution >= 4 is 17.5 Å². The Bertz CT molecular complexity index is 788. The molecule has 24 heavy (non-hydrogen) atoms. The van der Waals surface area contributed by atoms with Gasteiger partial charge in [0.1, 0.15) is 17.3 Å². The minimum atomic E-state index is 0.559. The van der Waals surface area contributed by atoms with Crippen molar-refractivity contribution in [3.63, 3.8) is 0 Å². The Balaban J connectivity index is 1.64. The molecule has 0 unspecified atom stereocenters. The van der Waals surface area contributed by atoms with Crippen LogP contribution in [-0.4, -0.2) is 16.5 Å². The van der Waals surface area contributed by atoms with Crippen molar-refractivity contribution in [2.75, 3.05) is 17.2 Å². The lowest BCUT2D eigenvalue weighted by Gasteiger charge is -2.09. The first kappa shape index (κ1) is 15.6. The number of hydrogen-bond acceptors (Lipinski definition) is 5. The van der Waals surface area contributed by atoms with E-state index in [2.05, 4.69) is 27.2 Å². The van der Waals surface area contributed by atoms with Crippen molar-refractivity contribution in [2.45, 2.75) is 0 Å². The van der Waals surface area contributed by atoms with Crippen molar-refractivity contribution in [1.82, 2.24) is 9.97 Å². The lowest BCUT2D eigenvalue weighted by Crippen LogP contribution is -2.04. The number of rotatable bonds is 7. The molecule has 0 atom stereocenters. The molecule has 2 aromatic carbocycles. The van der Waals surface area contributed by atoms with Crippen molar-refractivity contribution in [1.29, 1.82) is 0 Å². The summed E-state index contributed by atoms with van der Waals surface area (Å²) in [5.41, 5.74) is 0.920. The summed E-state index contributed by atoms with van der Waals surface area (Å²) in [5, 5.41) is 6.30. The second-order valence-corrected chi connectivity index (χ2v) is 5.00. The molecule has 0 spiro atoms. The zero-order chi connectivity index (χ0) is 16.6. The maximum absolute atomic E-state index is 5.77. The molecule has 3 aromatic rings. The molecule has 1 heterocycles. The van der Waals surface area contributed by atoms with Gasteiger partial charge in [-0.3, -0.25) is 0 Å². The van der Waals surface area contributed by atoms with Gasteiger partial charge in [0.2, 0.25) is 5.95 Å². The third-order valence-electron chi connectivity index (χ3n) is 3.17. The summed E-state index contributed by atoms with van der Waals surface area (Å²) in [5.74, 6) is 2.87. The van der Waals surface area contributed by atoms with Gasteiger partial charge in [0, 0.05) is 18.4 Å². The fourth-order valence-electron chi connectivity index (χ4n) is 2.06. The zero-order valence-corrected chi connectivity index (χ0v) is 13.1. The van der Waals surface area contributed by atoms with Crippen LogP contribution in [0.3, 0.4) is 0 Å². The predicted octanol–water partition coefficient (Wildman–Crippen LogP) is 4.61.